The van der Waals surface area contributed by atoms with Crippen molar-refractivity contribution in [2.24, 2.45) is 0 Å². The van der Waals surface area contributed by atoms with E-state index >= 15 is 0 Å². The molecule has 0 aliphatic carbocycles. The van der Waals surface area contributed by atoms with E-state index < -0.39 is 4.92 Å². The van der Waals surface area contributed by atoms with Gasteiger partial charge in [0.25, 0.3) is 5.69 Å². The molecule has 0 aliphatic rings. The minimum Gasteiger partial charge on any atom is -0.453 e. The van der Waals surface area contributed by atoms with Gasteiger partial charge >= 0.3 is 0 Å². The first kappa shape index (κ1) is 15.4. The van der Waals surface area contributed by atoms with Crippen LogP contribution in [0.15, 0.2) is 65.1 Å². The highest BCUT2D eigenvalue weighted by Gasteiger charge is 2.21. The van der Waals surface area contributed by atoms with Crippen LogP contribution >= 0.6 is 0 Å². The van der Waals surface area contributed by atoms with Crippen LogP contribution in [0.5, 0.6) is 0 Å². The van der Waals surface area contributed by atoms with Crippen molar-refractivity contribution in [2.45, 2.75) is 0 Å². The van der Waals surface area contributed by atoms with Crippen molar-refractivity contribution >= 4 is 17.8 Å². The number of nitrogens with zero attached hydrogens (tertiary/aromatic N) is 1. The molecule has 0 atom stereocenters. The molecule has 0 aliphatic heterocycles. The number of rotatable bonds is 5. The topological polar surface area (TPSA) is 90.4 Å². The van der Waals surface area contributed by atoms with Gasteiger partial charge < -0.3 is 4.42 Å². The van der Waals surface area contributed by atoms with Gasteiger partial charge in [0.2, 0.25) is 0 Å². The molecule has 0 spiro atoms. The zero-order valence-electron chi connectivity index (χ0n) is 12.3. The van der Waals surface area contributed by atoms with Crippen molar-refractivity contribution in [3.05, 3.63) is 87.7 Å². The Labute approximate surface area is 136 Å². The number of hydrogen-bond acceptors (Lipinski definition) is 5. The van der Waals surface area contributed by atoms with Crippen molar-refractivity contribution in [2.75, 3.05) is 0 Å². The van der Waals surface area contributed by atoms with E-state index in [0.29, 0.717) is 11.8 Å². The lowest BCUT2D eigenvalue weighted by atomic mass is 10.00. The Hall–Kier alpha value is -3.54. The molecule has 118 valence electrons. The average molecular weight is 321 g/mol. The van der Waals surface area contributed by atoms with Crippen molar-refractivity contribution in [1.82, 2.24) is 0 Å². The smallest absolute Gasteiger partial charge is 0.281 e. The quantitative estimate of drug-likeness (QED) is 0.308. The number of carbonyl (C=O) groups is 2. The Morgan fingerprint density at radius 3 is 2.38 bits per heavy atom. The highest BCUT2D eigenvalue weighted by Crippen LogP contribution is 2.32. The molecule has 3 aromatic rings. The number of furan rings is 1. The second-order valence-corrected chi connectivity index (χ2v) is 5.00. The zero-order valence-corrected chi connectivity index (χ0v) is 12.3. The fourth-order valence-corrected chi connectivity index (χ4v) is 2.35. The molecule has 6 nitrogen and oxygen atoms in total. The Kier molecular flexibility index (Phi) is 4.03. The van der Waals surface area contributed by atoms with Crippen molar-refractivity contribution in [1.29, 1.82) is 0 Å². The predicted molar refractivity (Wildman–Crippen MR) is 86.1 cm³/mol. The summed E-state index contributed by atoms with van der Waals surface area (Å²) in [6.07, 6.45) is 0.516. The summed E-state index contributed by atoms with van der Waals surface area (Å²) in [5.41, 5.74) is 0.598. The first-order chi connectivity index (χ1) is 11.6. The summed E-state index contributed by atoms with van der Waals surface area (Å²) in [6.45, 7) is 0. The predicted octanol–water partition coefficient (Wildman–Crippen LogP) is 3.90. The Bertz CT molecular complexity index is 928. The third-order valence-electron chi connectivity index (χ3n) is 3.50. The van der Waals surface area contributed by atoms with Gasteiger partial charge in [0.1, 0.15) is 5.76 Å². The summed E-state index contributed by atoms with van der Waals surface area (Å²) in [6, 6.07) is 15.6. The van der Waals surface area contributed by atoms with Gasteiger partial charge in [0.15, 0.2) is 17.8 Å². The number of hydrogen-bond donors (Lipinski definition) is 0. The molecule has 0 saturated carbocycles. The molecule has 1 heterocycles. The molecule has 3 rings (SSSR count). The van der Waals surface area contributed by atoms with Gasteiger partial charge in [-0.3, -0.25) is 19.7 Å². The lowest BCUT2D eigenvalue weighted by molar-refractivity contribution is -0.384. The van der Waals surface area contributed by atoms with E-state index in [9.17, 15) is 19.7 Å². The second kappa shape index (κ2) is 6.29. The van der Waals surface area contributed by atoms with Gasteiger partial charge in [-0.05, 0) is 24.3 Å². The van der Waals surface area contributed by atoms with Crippen molar-refractivity contribution < 1.29 is 18.9 Å². The molecule has 0 fully saturated rings. The highest BCUT2D eigenvalue weighted by atomic mass is 16.6. The third kappa shape index (κ3) is 2.85. The largest absolute Gasteiger partial charge is 0.453 e. The molecular formula is C18H11NO5. The number of carbonyl (C=O) groups excluding carboxylic acids is 2. The summed E-state index contributed by atoms with van der Waals surface area (Å²) >= 11 is 0. The minimum absolute atomic E-state index is 0.0729. The maximum absolute atomic E-state index is 12.4. The molecule has 0 bridgehead atoms. The van der Waals surface area contributed by atoms with E-state index in [0.717, 1.165) is 0 Å². The molecule has 0 amide bonds. The first-order valence-corrected chi connectivity index (χ1v) is 7.03. The average Bonchev–Trinajstić information content (AvgIpc) is 3.10. The molecule has 0 radical (unpaired) electrons. The van der Waals surface area contributed by atoms with Crippen LogP contribution in [0.1, 0.15) is 26.5 Å². The number of aldehydes is 1. The van der Waals surface area contributed by atoms with Crippen molar-refractivity contribution in [3.63, 3.8) is 0 Å². The van der Waals surface area contributed by atoms with Gasteiger partial charge in [-0.2, -0.15) is 0 Å². The highest BCUT2D eigenvalue weighted by molar-refractivity contribution is 6.09. The molecular weight excluding hydrogens is 310 g/mol. The van der Waals surface area contributed by atoms with Gasteiger partial charge in [0, 0.05) is 17.2 Å². The molecule has 0 unspecified atom stereocenters. The minimum atomic E-state index is -0.583. The SMILES string of the molecule is O=Cc1ccc(-c2ccc(C(=O)c3ccccc3)cc2[N+](=O)[O-])o1. The lowest BCUT2D eigenvalue weighted by Gasteiger charge is -2.04. The standard InChI is InChI=1S/C18H11NO5/c20-11-14-7-9-17(24-14)15-8-6-13(10-16(15)19(22)23)18(21)12-4-2-1-3-5-12/h1-11H. The van der Waals surface area contributed by atoms with Crippen LogP contribution < -0.4 is 0 Å². The van der Waals surface area contributed by atoms with E-state index in [1.807, 2.05) is 0 Å². The van der Waals surface area contributed by atoms with Gasteiger partial charge in [-0.15, -0.1) is 0 Å². The third-order valence-corrected chi connectivity index (χ3v) is 3.50. The monoisotopic (exact) mass is 321 g/mol. The maximum atomic E-state index is 12.4. The summed E-state index contributed by atoms with van der Waals surface area (Å²) in [7, 11) is 0. The Balaban J connectivity index is 2.06. The summed E-state index contributed by atoms with van der Waals surface area (Å²) in [4.78, 5) is 33.9. The first-order valence-electron chi connectivity index (χ1n) is 7.03. The fraction of sp³-hybridized carbons (Fsp3) is 0. The molecule has 1 aromatic heterocycles. The van der Waals surface area contributed by atoms with E-state index in [-0.39, 0.29) is 34.1 Å². The van der Waals surface area contributed by atoms with E-state index in [4.69, 9.17) is 4.42 Å². The molecule has 6 heteroatoms. The summed E-state index contributed by atoms with van der Waals surface area (Å²) in [5.74, 6) is -0.0375. The Morgan fingerprint density at radius 1 is 1.00 bits per heavy atom. The zero-order chi connectivity index (χ0) is 17.1. The van der Waals surface area contributed by atoms with Crippen LogP contribution in [0.25, 0.3) is 11.3 Å². The van der Waals surface area contributed by atoms with Crippen LogP contribution in [0.3, 0.4) is 0 Å². The number of ketones is 1. The van der Waals surface area contributed by atoms with Gasteiger partial charge in [-0.25, -0.2) is 0 Å². The van der Waals surface area contributed by atoms with Crippen LogP contribution in [0.2, 0.25) is 0 Å². The summed E-state index contributed by atoms with van der Waals surface area (Å²) < 4.78 is 5.24. The van der Waals surface area contributed by atoms with E-state index in [2.05, 4.69) is 0 Å². The molecule has 2 aromatic carbocycles. The van der Waals surface area contributed by atoms with E-state index in [1.54, 1.807) is 30.3 Å². The second-order valence-electron chi connectivity index (χ2n) is 5.00. The number of benzene rings is 2. The number of nitro benzene ring substituents is 1. The molecule has 0 saturated heterocycles. The lowest BCUT2D eigenvalue weighted by Crippen LogP contribution is -2.02. The fourth-order valence-electron chi connectivity index (χ4n) is 2.35. The van der Waals surface area contributed by atoms with Gasteiger partial charge in [0.05, 0.1) is 10.5 Å². The maximum Gasteiger partial charge on any atom is 0.281 e. The number of nitro groups is 1. The van der Waals surface area contributed by atoms with Crippen LogP contribution in [-0.4, -0.2) is 17.0 Å². The van der Waals surface area contributed by atoms with E-state index in [1.165, 1.54) is 30.3 Å². The van der Waals surface area contributed by atoms with Gasteiger partial charge in [-0.1, -0.05) is 30.3 Å². The Morgan fingerprint density at radius 2 is 1.75 bits per heavy atom. The van der Waals surface area contributed by atoms with Crippen LogP contribution in [-0.2, 0) is 0 Å². The van der Waals surface area contributed by atoms with Crippen LogP contribution in [0, 0.1) is 10.1 Å². The van der Waals surface area contributed by atoms with Crippen LogP contribution in [0.4, 0.5) is 5.69 Å². The molecule has 24 heavy (non-hydrogen) atoms. The molecule has 0 N–H and O–H groups in total. The van der Waals surface area contributed by atoms with Crippen molar-refractivity contribution in [3.8, 4) is 11.3 Å². The normalized spacial score (nSPS) is 10.3. The summed E-state index contributed by atoms with van der Waals surface area (Å²) in [5, 5.41) is 11.4.